The van der Waals surface area contributed by atoms with Gasteiger partial charge in [0, 0.05) is 18.6 Å². The SMILES string of the molecule is Cc1nccn1-c1ccc(NCc2ccn[nH]2)cn1. The van der Waals surface area contributed by atoms with E-state index in [9.17, 15) is 0 Å². The molecule has 0 saturated heterocycles. The average Bonchev–Trinajstić information content (AvgIpc) is 3.08. The molecule has 0 amide bonds. The van der Waals surface area contributed by atoms with E-state index in [4.69, 9.17) is 0 Å². The Morgan fingerprint density at radius 3 is 2.79 bits per heavy atom. The van der Waals surface area contributed by atoms with Crippen molar-refractivity contribution in [3.8, 4) is 5.82 Å². The van der Waals surface area contributed by atoms with Crippen LogP contribution in [0.25, 0.3) is 5.82 Å². The molecule has 3 aromatic rings. The number of anilines is 1. The topological polar surface area (TPSA) is 71.4 Å². The fraction of sp³-hybridized carbons (Fsp3) is 0.154. The minimum Gasteiger partial charge on any atom is -0.378 e. The molecule has 0 aliphatic rings. The average molecular weight is 254 g/mol. The number of rotatable bonds is 4. The van der Waals surface area contributed by atoms with Crippen LogP contribution in [-0.2, 0) is 6.54 Å². The lowest BCUT2D eigenvalue weighted by atomic mass is 10.3. The predicted octanol–water partition coefficient (Wildman–Crippen LogP) is 1.91. The Balaban J connectivity index is 1.71. The number of aromatic nitrogens is 5. The van der Waals surface area contributed by atoms with Crippen LogP contribution in [0.1, 0.15) is 11.5 Å². The third-order valence-electron chi connectivity index (χ3n) is 2.86. The lowest BCUT2D eigenvalue weighted by Gasteiger charge is -2.07. The fourth-order valence-corrected chi connectivity index (χ4v) is 1.83. The molecule has 6 nitrogen and oxygen atoms in total. The normalized spacial score (nSPS) is 10.6. The molecule has 2 N–H and O–H groups in total. The summed E-state index contributed by atoms with van der Waals surface area (Å²) in [5, 5.41) is 10.1. The van der Waals surface area contributed by atoms with Crippen molar-refractivity contribution < 1.29 is 0 Å². The monoisotopic (exact) mass is 254 g/mol. The van der Waals surface area contributed by atoms with Gasteiger partial charge in [0.1, 0.15) is 11.6 Å². The van der Waals surface area contributed by atoms with Crippen LogP contribution in [0, 0.1) is 6.92 Å². The van der Waals surface area contributed by atoms with Gasteiger partial charge in [0.15, 0.2) is 0 Å². The van der Waals surface area contributed by atoms with Gasteiger partial charge in [-0.3, -0.25) is 9.67 Å². The summed E-state index contributed by atoms with van der Waals surface area (Å²) < 4.78 is 1.94. The van der Waals surface area contributed by atoms with E-state index in [1.807, 2.05) is 42.1 Å². The molecule has 0 unspecified atom stereocenters. The van der Waals surface area contributed by atoms with E-state index < -0.39 is 0 Å². The van der Waals surface area contributed by atoms with Gasteiger partial charge in [-0.1, -0.05) is 0 Å². The van der Waals surface area contributed by atoms with Crippen LogP contribution >= 0.6 is 0 Å². The molecule has 0 saturated carbocycles. The van der Waals surface area contributed by atoms with Crippen molar-refractivity contribution in [3.63, 3.8) is 0 Å². The van der Waals surface area contributed by atoms with Crippen molar-refractivity contribution in [3.05, 3.63) is 54.5 Å². The van der Waals surface area contributed by atoms with Crippen LogP contribution in [0.4, 0.5) is 5.69 Å². The van der Waals surface area contributed by atoms with Crippen LogP contribution in [0.3, 0.4) is 0 Å². The van der Waals surface area contributed by atoms with Crippen molar-refractivity contribution in [2.75, 3.05) is 5.32 Å². The van der Waals surface area contributed by atoms with Gasteiger partial charge in [0.25, 0.3) is 0 Å². The molecular formula is C13H14N6. The van der Waals surface area contributed by atoms with Crippen molar-refractivity contribution in [1.82, 2.24) is 24.7 Å². The lowest BCUT2D eigenvalue weighted by molar-refractivity contribution is 0.930. The molecule has 0 aliphatic carbocycles. The van der Waals surface area contributed by atoms with Crippen LogP contribution < -0.4 is 5.32 Å². The molecule has 19 heavy (non-hydrogen) atoms. The predicted molar refractivity (Wildman–Crippen MR) is 72.0 cm³/mol. The van der Waals surface area contributed by atoms with E-state index in [-0.39, 0.29) is 0 Å². The molecule has 0 bridgehead atoms. The maximum Gasteiger partial charge on any atom is 0.138 e. The molecule has 0 aromatic carbocycles. The number of hydrogen-bond acceptors (Lipinski definition) is 4. The summed E-state index contributed by atoms with van der Waals surface area (Å²) in [5.41, 5.74) is 2.01. The molecule has 0 fully saturated rings. The number of imidazole rings is 1. The van der Waals surface area contributed by atoms with Gasteiger partial charge in [-0.15, -0.1) is 0 Å². The molecule has 3 rings (SSSR count). The molecule has 6 heteroatoms. The van der Waals surface area contributed by atoms with Gasteiger partial charge >= 0.3 is 0 Å². The largest absolute Gasteiger partial charge is 0.378 e. The summed E-state index contributed by atoms with van der Waals surface area (Å²) in [5.74, 6) is 1.78. The van der Waals surface area contributed by atoms with Gasteiger partial charge in [0.05, 0.1) is 24.1 Å². The van der Waals surface area contributed by atoms with Crippen LogP contribution in [0.15, 0.2) is 43.0 Å². The molecule has 96 valence electrons. The Hall–Kier alpha value is -2.63. The zero-order chi connectivity index (χ0) is 13.1. The van der Waals surface area contributed by atoms with E-state index in [1.54, 1.807) is 12.4 Å². The van der Waals surface area contributed by atoms with Gasteiger partial charge in [0.2, 0.25) is 0 Å². The highest BCUT2D eigenvalue weighted by atomic mass is 15.1. The number of nitrogens with one attached hydrogen (secondary N) is 2. The van der Waals surface area contributed by atoms with Crippen LogP contribution in [0.2, 0.25) is 0 Å². The first-order valence-corrected chi connectivity index (χ1v) is 6.01. The minimum absolute atomic E-state index is 0.700. The molecule has 3 heterocycles. The number of aromatic amines is 1. The molecular weight excluding hydrogens is 240 g/mol. The number of hydrogen-bond donors (Lipinski definition) is 2. The first-order chi connectivity index (χ1) is 9.33. The highest BCUT2D eigenvalue weighted by Crippen LogP contribution is 2.12. The van der Waals surface area contributed by atoms with Gasteiger partial charge in [-0.2, -0.15) is 5.10 Å². The number of H-pyrrole nitrogens is 1. The summed E-state index contributed by atoms with van der Waals surface area (Å²) in [6.07, 6.45) is 7.21. The first-order valence-electron chi connectivity index (χ1n) is 6.01. The van der Waals surface area contributed by atoms with Crippen molar-refractivity contribution in [2.24, 2.45) is 0 Å². The fourth-order valence-electron chi connectivity index (χ4n) is 1.83. The number of aryl methyl sites for hydroxylation is 1. The number of pyridine rings is 1. The van der Waals surface area contributed by atoms with Gasteiger partial charge in [-0.25, -0.2) is 9.97 Å². The zero-order valence-corrected chi connectivity index (χ0v) is 10.5. The van der Waals surface area contributed by atoms with E-state index in [2.05, 4.69) is 25.5 Å². The Bertz CT molecular complexity index is 638. The van der Waals surface area contributed by atoms with E-state index in [0.29, 0.717) is 6.54 Å². The molecule has 0 radical (unpaired) electrons. The maximum absolute atomic E-state index is 4.42. The standard InChI is InChI=1S/C13H14N6/c1-10-14-6-7-19(10)13-3-2-11(8-16-13)15-9-12-4-5-17-18-12/h2-8,15H,9H2,1H3,(H,17,18). The van der Waals surface area contributed by atoms with Crippen molar-refractivity contribution in [1.29, 1.82) is 0 Å². The summed E-state index contributed by atoms with van der Waals surface area (Å²) >= 11 is 0. The summed E-state index contributed by atoms with van der Waals surface area (Å²) in [4.78, 5) is 8.60. The third kappa shape index (κ3) is 2.47. The second-order valence-electron chi connectivity index (χ2n) is 4.18. The molecule has 3 aromatic heterocycles. The van der Waals surface area contributed by atoms with Gasteiger partial charge in [-0.05, 0) is 25.1 Å². The highest BCUT2D eigenvalue weighted by molar-refractivity contribution is 5.44. The van der Waals surface area contributed by atoms with Gasteiger partial charge < -0.3 is 5.32 Å². The van der Waals surface area contributed by atoms with Crippen molar-refractivity contribution >= 4 is 5.69 Å². The molecule has 0 atom stereocenters. The Kier molecular flexibility index (Phi) is 2.97. The van der Waals surface area contributed by atoms with E-state index >= 15 is 0 Å². The highest BCUT2D eigenvalue weighted by Gasteiger charge is 2.01. The lowest BCUT2D eigenvalue weighted by Crippen LogP contribution is -2.02. The quantitative estimate of drug-likeness (QED) is 0.746. The van der Waals surface area contributed by atoms with E-state index in [1.165, 1.54) is 0 Å². The van der Waals surface area contributed by atoms with Crippen LogP contribution in [-0.4, -0.2) is 24.7 Å². The zero-order valence-electron chi connectivity index (χ0n) is 10.5. The maximum atomic E-state index is 4.42. The summed E-state index contributed by atoms with van der Waals surface area (Å²) in [6, 6.07) is 5.89. The second-order valence-corrected chi connectivity index (χ2v) is 4.18. The molecule has 0 aliphatic heterocycles. The third-order valence-corrected chi connectivity index (χ3v) is 2.86. The minimum atomic E-state index is 0.700. The summed E-state index contributed by atoms with van der Waals surface area (Å²) in [6.45, 7) is 2.65. The van der Waals surface area contributed by atoms with Crippen LogP contribution in [0.5, 0.6) is 0 Å². The smallest absolute Gasteiger partial charge is 0.138 e. The Morgan fingerprint density at radius 1 is 1.21 bits per heavy atom. The second kappa shape index (κ2) is 4.93. The number of nitrogens with zero attached hydrogens (tertiary/aromatic N) is 4. The molecule has 0 spiro atoms. The summed E-state index contributed by atoms with van der Waals surface area (Å²) in [7, 11) is 0. The first kappa shape index (κ1) is 11.5. The van der Waals surface area contributed by atoms with E-state index in [0.717, 1.165) is 23.0 Å². The van der Waals surface area contributed by atoms with Crippen molar-refractivity contribution in [2.45, 2.75) is 13.5 Å². The Labute approximate surface area is 110 Å². The Morgan fingerprint density at radius 2 is 2.16 bits per heavy atom.